The molecule has 14 nitrogen and oxygen atoms in total. The summed E-state index contributed by atoms with van der Waals surface area (Å²) in [6, 6.07) is 29.4. The van der Waals surface area contributed by atoms with Crippen LogP contribution in [0.3, 0.4) is 0 Å². The second kappa shape index (κ2) is 16.7. The van der Waals surface area contributed by atoms with Crippen LogP contribution in [0, 0.1) is 13.8 Å². The average molecular weight is 802 g/mol. The second-order valence-electron chi connectivity index (χ2n) is 14.1. The predicted octanol–water partition coefficient (Wildman–Crippen LogP) is 6.84. The fraction of sp³-hybridized carbons (Fsp3) is 0.256. The number of anilines is 6. The molecular formula is C43H43N7O7S. The molecule has 0 saturated heterocycles. The number of nitrogens with zero attached hydrogens (tertiary/aromatic N) is 5. The van der Waals surface area contributed by atoms with E-state index in [1.54, 1.807) is 33.9 Å². The molecule has 0 saturated carbocycles. The largest absolute Gasteiger partial charge is 0.444 e. The number of carbonyl (C=O) groups excluding carboxylic acids is 1. The maximum atomic E-state index is 14.6. The van der Waals surface area contributed by atoms with E-state index in [1.165, 1.54) is 17.7 Å². The van der Waals surface area contributed by atoms with E-state index in [1.807, 2.05) is 79.4 Å². The molecule has 2 aromatic heterocycles. The Bertz CT molecular complexity index is 2640. The van der Waals surface area contributed by atoms with Gasteiger partial charge in [-0.15, -0.1) is 0 Å². The minimum absolute atomic E-state index is 0.0272. The quantitative estimate of drug-likeness (QED) is 0.0928. The van der Waals surface area contributed by atoms with Crippen LogP contribution in [0.5, 0.6) is 0 Å². The van der Waals surface area contributed by atoms with Crippen molar-refractivity contribution in [1.82, 2.24) is 14.5 Å². The van der Waals surface area contributed by atoms with Crippen LogP contribution in [0.1, 0.15) is 22.3 Å². The molecule has 0 spiro atoms. The highest BCUT2D eigenvalue weighted by molar-refractivity contribution is 7.86. The molecule has 58 heavy (non-hydrogen) atoms. The van der Waals surface area contributed by atoms with Crippen LogP contribution >= 0.6 is 0 Å². The molecule has 6 aromatic rings. The van der Waals surface area contributed by atoms with E-state index in [0.717, 1.165) is 41.0 Å². The number of ether oxygens (including phenoxy) is 2. The summed E-state index contributed by atoms with van der Waals surface area (Å²) in [6.07, 6.45) is 2.16. The summed E-state index contributed by atoms with van der Waals surface area (Å²) in [4.78, 5) is 41.2. The number of nitrogens with one attached hydrogen (secondary N) is 2. The van der Waals surface area contributed by atoms with Crippen LogP contribution in [0.25, 0.3) is 11.0 Å². The van der Waals surface area contributed by atoms with E-state index < -0.39 is 16.2 Å². The molecule has 1 amide bonds. The van der Waals surface area contributed by atoms with E-state index >= 15 is 0 Å². The summed E-state index contributed by atoms with van der Waals surface area (Å²) in [5, 5.41) is 7.27. The summed E-state index contributed by atoms with van der Waals surface area (Å²) in [7, 11) is -3.96. The maximum Gasteiger partial charge on any atom is 0.414 e. The van der Waals surface area contributed by atoms with Crippen molar-refractivity contribution in [2.75, 3.05) is 59.9 Å². The van der Waals surface area contributed by atoms with Crippen molar-refractivity contribution >= 4 is 61.6 Å². The standard InChI is InChI=1S/C43H43N7O7S/c1-29-11-15-35(16-12-29)58(53,54)57-24-23-55-22-21-50-40-33(27-45-42(47-40)46-34-14-13-32-17-18-44-36(32)26-34)25-38(41(50)51)48-19-20-49(39-30(2)7-6-10-37(39)48)43(52)56-28-31-8-4-3-5-9-31/h3-16,25-27,44H,17-24,28H2,1-2H3,(H,45,46,47). The summed E-state index contributed by atoms with van der Waals surface area (Å²) < 4.78 is 43.7. The fourth-order valence-electron chi connectivity index (χ4n) is 7.21. The lowest BCUT2D eigenvalue weighted by molar-refractivity contribution is 0.0963. The van der Waals surface area contributed by atoms with Gasteiger partial charge in [-0.05, 0) is 73.4 Å². The number of aromatic nitrogens is 3. The summed E-state index contributed by atoms with van der Waals surface area (Å²) >= 11 is 0. The van der Waals surface area contributed by atoms with Gasteiger partial charge in [-0.2, -0.15) is 13.4 Å². The van der Waals surface area contributed by atoms with Gasteiger partial charge in [0.1, 0.15) is 17.9 Å². The Morgan fingerprint density at radius 3 is 2.55 bits per heavy atom. The number of para-hydroxylation sites is 1. The van der Waals surface area contributed by atoms with Crippen molar-refractivity contribution < 1.29 is 26.9 Å². The number of amides is 1. The zero-order valence-electron chi connectivity index (χ0n) is 32.2. The minimum atomic E-state index is -3.96. The number of benzene rings is 4. The molecule has 0 radical (unpaired) electrons. The van der Waals surface area contributed by atoms with Crippen molar-refractivity contribution in [3.05, 3.63) is 136 Å². The van der Waals surface area contributed by atoms with E-state index in [2.05, 4.69) is 21.7 Å². The summed E-state index contributed by atoms with van der Waals surface area (Å²) in [6.45, 7) is 5.32. The van der Waals surface area contributed by atoms with Gasteiger partial charge in [-0.25, -0.2) is 9.78 Å². The van der Waals surface area contributed by atoms with Crippen molar-refractivity contribution in [2.24, 2.45) is 0 Å². The van der Waals surface area contributed by atoms with Gasteiger partial charge < -0.3 is 25.0 Å². The molecule has 298 valence electrons. The Balaban J connectivity index is 1.06. The molecule has 2 N–H and O–H groups in total. The zero-order valence-corrected chi connectivity index (χ0v) is 33.0. The van der Waals surface area contributed by atoms with E-state index in [4.69, 9.17) is 18.6 Å². The minimum Gasteiger partial charge on any atom is -0.444 e. The molecule has 4 aromatic carbocycles. The van der Waals surface area contributed by atoms with Crippen molar-refractivity contribution in [3.63, 3.8) is 0 Å². The lowest BCUT2D eigenvalue weighted by Crippen LogP contribution is -2.44. The number of hydrogen-bond donors (Lipinski definition) is 2. The Hall–Kier alpha value is -6.29. The first-order valence-corrected chi connectivity index (χ1v) is 20.5. The van der Waals surface area contributed by atoms with Gasteiger partial charge in [-0.1, -0.05) is 66.2 Å². The summed E-state index contributed by atoms with van der Waals surface area (Å²) in [5.74, 6) is 0.311. The van der Waals surface area contributed by atoms with Gasteiger partial charge >= 0.3 is 6.09 Å². The monoisotopic (exact) mass is 801 g/mol. The fourth-order valence-corrected chi connectivity index (χ4v) is 8.10. The molecular weight excluding hydrogens is 759 g/mol. The zero-order chi connectivity index (χ0) is 40.2. The normalized spacial score (nSPS) is 13.6. The molecule has 4 heterocycles. The van der Waals surface area contributed by atoms with Gasteiger partial charge in [0.15, 0.2) is 0 Å². The number of pyridine rings is 1. The van der Waals surface area contributed by atoms with Crippen LogP contribution in [0.4, 0.5) is 39.2 Å². The number of rotatable bonds is 13. The molecule has 2 aliphatic rings. The second-order valence-corrected chi connectivity index (χ2v) is 15.7. The van der Waals surface area contributed by atoms with Gasteiger partial charge in [0.25, 0.3) is 15.7 Å². The molecule has 0 bridgehead atoms. The predicted molar refractivity (Wildman–Crippen MR) is 223 cm³/mol. The van der Waals surface area contributed by atoms with Gasteiger partial charge in [-0.3, -0.25) is 18.4 Å². The van der Waals surface area contributed by atoms with Crippen LogP contribution < -0.4 is 26.0 Å². The Morgan fingerprint density at radius 1 is 0.897 bits per heavy atom. The first-order chi connectivity index (χ1) is 28.1. The van der Waals surface area contributed by atoms with Crippen molar-refractivity contribution in [3.8, 4) is 0 Å². The van der Waals surface area contributed by atoms with E-state index in [-0.39, 0.29) is 50.0 Å². The average Bonchev–Trinajstić information content (AvgIpc) is 3.70. The highest BCUT2D eigenvalue weighted by Gasteiger charge is 2.32. The number of fused-ring (bicyclic) bond motifs is 3. The Morgan fingerprint density at radius 2 is 1.72 bits per heavy atom. The van der Waals surface area contributed by atoms with Crippen molar-refractivity contribution in [1.29, 1.82) is 0 Å². The maximum absolute atomic E-state index is 14.6. The van der Waals surface area contributed by atoms with Gasteiger partial charge in [0.2, 0.25) is 5.95 Å². The van der Waals surface area contributed by atoms with Crippen LogP contribution in [0.15, 0.2) is 113 Å². The summed E-state index contributed by atoms with van der Waals surface area (Å²) in [5.41, 5.74) is 7.53. The molecule has 15 heteroatoms. The smallest absolute Gasteiger partial charge is 0.414 e. The molecule has 0 unspecified atom stereocenters. The Kier molecular flexibility index (Phi) is 11.1. The molecule has 0 aliphatic carbocycles. The van der Waals surface area contributed by atoms with Crippen LogP contribution in [-0.2, 0) is 43.3 Å². The van der Waals surface area contributed by atoms with Gasteiger partial charge in [0, 0.05) is 42.6 Å². The third kappa shape index (κ3) is 8.23. The lowest BCUT2D eigenvalue weighted by atomic mass is 10.1. The first-order valence-electron chi connectivity index (χ1n) is 19.1. The molecule has 0 fully saturated rings. The topological polar surface area (TPSA) is 157 Å². The number of aryl methyl sites for hydroxylation is 2. The van der Waals surface area contributed by atoms with Gasteiger partial charge in [0.05, 0.1) is 42.6 Å². The number of hydrogen-bond acceptors (Lipinski definition) is 12. The van der Waals surface area contributed by atoms with Crippen molar-refractivity contribution in [2.45, 2.75) is 38.3 Å². The van der Waals surface area contributed by atoms with Crippen LogP contribution in [-0.4, -0.2) is 68.5 Å². The Labute approximate surface area is 336 Å². The molecule has 2 aliphatic heterocycles. The third-order valence-electron chi connectivity index (χ3n) is 10.2. The highest BCUT2D eigenvalue weighted by Crippen LogP contribution is 2.40. The lowest BCUT2D eigenvalue weighted by Gasteiger charge is -2.38. The third-order valence-corrected chi connectivity index (χ3v) is 11.5. The SMILES string of the molecule is Cc1ccc(S(=O)(=O)OCCOCCn2c(=O)c(N3CCN(C(=O)OCc4ccccc4)c4c(C)cccc43)cc3cnc(Nc4ccc5c(c4)NCC5)nc32)cc1. The van der Waals surface area contributed by atoms with E-state index in [0.29, 0.717) is 40.6 Å². The first kappa shape index (κ1) is 38.6. The number of carbonyl (C=O) groups is 1. The van der Waals surface area contributed by atoms with E-state index in [9.17, 15) is 18.0 Å². The molecule has 0 atom stereocenters. The van der Waals surface area contributed by atoms with Crippen LogP contribution in [0.2, 0.25) is 0 Å². The highest BCUT2D eigenvalue weighted by atomic mass is 32.2. The molecule has 8 rings (SSSR count).